The summed E-state index contributed by atoms with van der Waals surface area (Å²) in [6, 6.07) is -0.148. The van der Waals surface area contributed by atoms with E-state index in [0.717, 1.165) is 12.8 Å². The number of nitrogens with one attached hydrogen (secondary N) is 1. The van der Waals surface area contributed by atoms with Gasteiger partial charge in [0.1, 0.15) is 0 Å². The standard InChI is InChI=1S/C10H22N2O3/c1-8(10(14-2)15-3)12-9(13)6-4-5-7-11/h8,10H,4-7,11H2,1-3H3,(H,12,13). The molecule has 0 aliphatic heterocycles. The summed E-state index contributed by atoms with van der Waals surface area (Å²) in [6.45, 7) is 2.47. The van der Waals surface area contributed by atoms with Crippen LogP contribution in [0.25, 0.3) is 0 Å². The Bertz CT molecular complexity index is 172. The summed E-state index contributed by atoms with van der Waals surface area (Å²) in [5, 5.41) is 2.81. The first-order valence-electron chi connectivity index (χ1n) is 5.20. The lowest BCUT2D eigenvalue weighted by Gasteiger charge is -2.22. The van der Waals surface area contributed by atoms with E-state index >= 15 is 0 Å². The number of nitrogens with two attached hydrogens (primary N) is 1. The number of unbranched alkanes of at least 4 members (excludes halogenated alkanes) is 1. The molecule has 5 heteroatoms. The summed E-state index contributed by atoms with van der Waals surface area (Å²) in [6.07, 6.45) is 1.80. The van der Waals surface area contributed by atoms with E-state index < -0.39 is 6.29 Å². The third-order valence-corrected chi connectivity index (χ3v) is 2.12. The van der Waals surface area contributed by atoms with Crippen molar-refractivity contribution in [3.63, 3.8) is 0 Å². The van der Waals surface area contributed by atoms with Crippen LogP contribution in [0.2, 0.25) is 0 Å². The van der Waals surface area contributed by atoms with Crippen LogP contribution in [0.15, 0.2) is 0 Å². The molecule has 0 spiro atoms. The van der Waals surface area contributed by atoms with Crippen LogP contribution in [-0.2, 0) is 14.3 Å². The van der Waals surface area contributed by atoms with Gasteiger partial charge in [-0.15, -0.1) is 0 Å². The zero-order valence-corrected chi connectivity index (χ0v) is 9.79. The highest BCUT2D eigenvalue weighted by Gasteiger charge is 2.17. The summed E-state index contributed by atoms with van der Waals surface area (Å²) >= 11 is 0. The number of amides is 1. The molecule has 1 unspecified atom stereocenters. The molecular weight excluding hydrogens is 196 g/mol. The monoisotopic (exact) mass is 218 g/mol. The molecule has 90 valence electrons. The van der Waals surface area contributed by atoms with Crippen LogP contribution < -0.4 is 11.1 Å². The molecule has 0 fully saturated rings. The molecule has 0 heterocycles. The van der Waals surface area contributed by atoms with E-state index in [4.69, 9.17) is 15.2 Å². The number of methoxy groups -OCH3 is 2. The van der Waals surface area contributed by atoms with Gasteiger partial charge in [-0.2, -0.15) is 0 Å². The number of carbonyl (C=O) groups excluding carboxylic acids is 1. The van der Waals surface area contributed by atoms with E-state index in [0.29, 0.717) is 13.0 Å². The second-order valence-electron chi connectivity index (χ2n) is 3.44. The van der Waals surface area contributed by atoms with Crippen LogP contribution >= 0.6 is 0 Å². The molecule has 0 rings (SSSR count). The van der Waals surface area contributed by atoms with Gasteiger partial charge in [-0.25, -0.2) is 0 Å². The van der Waals surface area contributed by atoms with Crippen molar-refractivity contribution >= 4 is 5.91 Å². The Morgan fingerprint density at radius 3 is 2.40 bits per heavy atom. The minimum Gasteiger partial charge on any atom is -0.354 e. The van der Waals surface area contributed by atoms with Gasteiger partial charge >= 0.3 is 0 Å². The first-order valence-corrected chi connectivity index (χ1v) is 5.20. The third-order valence-electron chi connectivity index (χ3n) is 2.12. The summed E-state index contributed by atoms with van der Waals surface area (Å²) in [7, 11) is 3.09. The van der Waals surface area contributed by atoms with Crippen molar-refractivity contribution in [3.8, 4) is 0 Å². The van der Waals surface area contributed by atoms with E-state index in [1.807, 2.05) is 6.92 Å². The second kappa shape index (κ2) is 8.64. The molecule has 1 atom stereocenters. The summed E-state index contributed by atoms with van der Waals surface area (Å²) in [5.74, 6) is 0.00931. The van der Waals surface area contributed by atoms with Gasteiger partial charge in [-0.05, 0) is 26.3 Å². The van der Waals surface area contributed by atoms with Gasteiger partial charge in [0, 0.05) is 20.6 Å². The van der Waals surface area contributed by atoms with Crippen LogP contribution in [0.5, 0.6) is 0 Å². The summed E-state index contributed by atoms with van der Waals surface area (Å²) in [4.78, 5) is 11.4. The van der Waals surface area contributed by atoms with Gasteiger partial charge in [0.25, 0.3) is 0 Å². The quantitative estimate of drug-likeness (QED) is 0.452. The number of carbonyl (C=O) groups is 1. The fraction of sp³-hybridized carbons (Fsp3) is 0.900. The molecule has 0 bridgehead atoms. The van der Waals surface area contributed by atoms with E-state index in [1.165, 1.54) is 0 Å². The topological polar surface area (TPSA) is 73.6 Å². The first-order chi connectivity index (χ1) is 7.15. The van der Waals surface area contributed by atoms with Gasteiger partial charge in [0.15, 0.2) is 6.29 Å². The average Bonchev–Trinajstić information content (AvgIpc) is 2.20. The van der Waals surface area contributed by atoms with Gasteiger partial charge in [-0.3, -0.25) is 4.79 Å². The van der Waals surface area contributed by atoms with E-state index in [-0.39, 0.29) is 11.9 Å². The van der Waals surface area contributed by atoms with Crippen LogP contribution in [0, 0.1) is 0 Å². The van der Waals surface area contributed by atoms with E-state index in [2.05, 4.69) is 5.32 Å². The van der Waals surface area contributed by atoms with Crippen molar-refractivity contribution in [1.29, 1.82) is 0 Å². The lowest BCUT2D eigenvalue weighted by atomic mass is 10.2. The van der Waals surface area contributed by atoms with Gasteiger partial charge in [-0.1, -0.05) is 0 Å². The highest BCUT2D eigenvalue weighted by atomic mass is 16.7. The smallest absolute Gasteiger partial charge is 0.220 e. The van der Waals surface area contributed by atoms with Crippen LogP contribution in [0.3, 0.4) is 0 Å². The third kappa shape index (κ3) is 6.43. The Hall–Kier alpha value is -0.650. The number of hydrogen-bond donors (Lipinski definition) is 2. The number of ether oxygens (including phenoxy) is 2. The van der Waals surface area contributed by atoms with Crippen molar-refractivity contribution in [2.45, 2.75) is 38.5 Å². The highest BCUT2D eigenvalue weighted by molar-refractivity contribution is 5.76. The fourth-order valence-electron chi connectivity index (χ4n) is 1.33. The molecule has 0 aromatic heterocycles. The molecule has 0 aliphatic carbocycles. The predicted molar refractivity (Wildman–Crippen MR) is 58.3 cm³/mol. The number of rotatable bonds is 8. The van der Waals surface area contributed by atoms with Gasteiger partial charge in [0.05, 0.1) is 6.04 Å². The minimum absolute atomic E-state index is 0.00931. The molecule has 1 amide bonds. The Balaban J connectivity index is 3.74. The molecule has 15 heavy (non-hydrogen) atoms. The molecule has 5 nitrogen and oxygen atoms in total. The minimum atomic E-state index is -0.400. The first kappa shape index (κ1) is 14.3. The lowest BCUT2D eigenvalue weighted by molar-refractivity contribution is -0.135. The van der Waals surface area contributed by atoms with Crippen LogP contribution in [0.4, 0.5) is 0 Å². The van der Waals surface area contributed by atoms with Crippen molar-refractivity contribution in [1.82, 2.24) is 5.32 Å². The van der Waals surface area contributed by atoms with Crippen molar-refractivity contribution in [3.05, 3.63) is 0 Å². The van der Waals surface area contributed by atoms with Gasteiger partial charge in [0.2, 0.25) is 5.91 Å². The number of hydrogen-bond acceptors (Lipinski definition) is 4. The maximum atomic E-state index is 11.4. The van der Waals surface area contributed by atoms with Crippen molar-refractivity contribution in [2.24, 2.45) is 5.73 Å². The van der Waals surface area contributed by atoms with E-state index in [9.17, 15) is 4.79 Å². The van der Waals surface area contributed by atoms with Crippen molar-refractivity contribution in [2.75, 3.05) is 20.8 Å². The Labute approximate surface area is 91.3 Å². The zero-order valence-electron chi connectivity index (χ0n) is 9.79. The van der Waals surface area contributed by atoms with Gasteiger partial charge < -0.3 is 20.5 Å². The molecule has 0 saturated heterocycles. The molecule has 0 aromatic carbocycles. The molecule has 0 aliphatic rings. The largest absolute Gasteiger partial charge is 0.354 e. The van der Waals surface area contributed by atoms with Crippen LogP contribution in [0.1, 0.15) is 26.2 Å². The Kier molecular flexibility index (Phi) is 8.27. The lowest BCUT2D eigenvalue weighted by Crippen LogP contribution is -2.42. The summed E-state index contributed by atoms with van der Waals surface area (Å²) < 4.78 is 10.1. The van der Waals surface area contributed by atoms with E-state index in [1.54, 1.807) is 14.2 Å². The Morgan fingerprint density at radius 1 is 1.33 bits per heavy atom. The summed E-state index contributed by atoms with van der Waals surface area (Å²) in [5.41, 5.74) is 5.34. The average molecular weight is 218 g/mol. The van der Waals surface area contributed by atoms with Crippen LogP contribution in [-0.4, -0.2) is 39.0 Å². The second-order valence-corrected chi connectivity index (χ2v) is 3.44. The molecule has 3 N–H and O–H groups in total. The fourth-order valence-corrected chi connectivity index (χ4v) is 1.33. The molecule has 0 aromatic rings. The SMILES string of the molecule is COC(OC)C(C)NC(=O)CCCCN. The van der Waals surface area contributed by atoms with Crippen molar-refractivity contribution < 1.29 is 14.3 Å². The highest BCUT2D eigenvalue weighted by Crippen LogP contribution is 2.00. The molecule has 0 saturated carbocycles. The molecular formula is C10H22N2O3. The maximum absolute atomic E-state index is 11.4. The Morgan fingerprint density at radius 2 is 1.93 bits per heavy atom. The maximum Gasteiger partial charge on any atom is 0.220 e. The predicted octanol–water partition coefficient (Wildman–Crippen LogP) is 0.239. The normalized spacial score (nSPS) is 12.9. The zero-order chi connectivity index (χ0) is 11.7. The molecule has 0 radical (unpaired) electrons.